The minimum atomic E-state index is -0.0814. The van der Waals surface area contributed by atoms with Gasteiger partial charge in [-0.15, -0.1) is 10.2 Å². The number of nitrogens with zero attached hydrogens (tertiary/aromatic N) is 4. The van der Waals surface area contributed by atoms with Gasteiger partial charge in [0.1, 0.15) is 10.8 Å². The Bertz CT molecular complexity index is 1260. The predicted molar refractivity (Wildman–Crippen MR) is 135 cm³/mol. The molecule has 0 spiro atoms. The molecule has 1 amide bonds. The van der Waals surface area contributed by atoms with Crippen molar-refractivity contribution >= 4 is 35.0 Å². The highest BCUT2D eigenvalue weighted by atomic mass is 35.5. The Balaban J connectivity index is 1.14. The highest BCUT2D eigenvalue weighted by Gasteiger charge is 2.25. The molecular formula is C26H23ClN4O2S. The number of piperazine rings is 1. The van der Waals surface area contributed by atoms with Gasteiger partial charge in [-0.3, -0.25) is 4.79 Å². The van der Waals surface area contributed by atoms with E-state index < -0.39 is 0 Å². The lowest BCUT2D eigenvalue weighted by Crippen LogP contribution is -2.48. The van der Waals surface area contributed by atoms with Crippen LogP contribution in [0.1, 0.15) is 16.3 Å². The standard InChI is InChI=1S/C26H23ClN4O2S/c27-21-8-4-5-9-23(21)30-14-16-31(17-15-30)26(32)24-12-10-20(33-24)18-34-25-13-11-22(28-29-25)19-6-2-1-3-7-19/h1-13H,14-18H2. The topological polar surface area (TPSA) is 62.5 Å². The summed E-state index contributed by atoms with van der Waals surface area (Å²) in [5, 5.41) is 10.2. The lowest BCUT2D eigenvalue weighted by molar-refractivity contribution is 0.0713. The number of amides is 1. The maximum Gasteiger partial charge on any atom is 0.289 e. The largest absolute Gasteiger partial charge is 0.455 e. The maximum absolute atomic E-state index is 12.9. The molecule has 2 aromatic carbocycles. The minimum Gasteiger partial charge on any atom is -0.455 e. The Morgan fingerprint density at radius 2 is 1.65 bits per heavy atom. The molecule has 0 saturated carbocycles. The summed E-state index contributed by atoms with van der Waals surface area (Å²) in [6, 6.07) is 25.3. The fourth-order valence-corrected chi connectivity index (χ4v) is 4.85. The lowest BCUT2D eigenvalue weighted by atomic mass is 10.1. The van der Waals surface area contributed by atoms with Gasteiger partial charge in [0.15, 0.2) is 5.76 Å². The van der Waals surface area contributed by atoms with Crippen LogP contribution in [-0.2, 0) is 5.75 Å². The number of carbonyl (C=O) groups is 1. The molecule has 172 valence electrons. The highest BCUT2D eigenvalue weighted by molar-refractivity contribution is 7.98. The molecule has 1 aliphatic rings. The summed E-state index contributed by atoms with van der Waals surface area (Å²) in [6.45, 7) is 2.71. The normalized spacial score (nSPS) is 13.8. The van der Waals surface area contributed by atoms with E-state index in [1.54, 1.807) is 6.07 Å². The van der Waals surface area contributed by atoms with Crippen LogP contribution in [0.15, 0.2) is 88.3 Å². The van der Waals surface area contributed by atoms with E-state index in [4.69, 9.17) is 16.0 Å². The summed E-state index contributed by atoms with van der Waals surface area (Å²) in [5.74, 6) is 1.60. The first kappa shape index (κ1) is 22.5. The quantitative estimate of drug-likeness (QED) is 0.326. The summed E-state index contributed by atoms with van der Waals surface area (Å²) in [4.78, 5) is 17.0. The molecule has 3 heterocycles. The summed E-state index contributed by atoms with van der Waals surface area (Å²) >= 11 is 7.84. The van der Waals surface area contributed by atoms with E-state index in [0.717, 1.165) is 45.8 Å². The van der Waals surface area contributed by atoms with Crippen molar-refractivity contribution in [2.45, 2.75) is 10.8 Å². The van der Waals surface area contributed by atoms with Gasteiger partial charge in [-0.2, -0.15) is 0 Å². The molecule has 0 unspecified atom stereocenters. The third-order valence-electron chi connectivity index (χ3n) is 5.70. The Hall–Kier alpha value is -3.29. The third kappa shape index (κ3) is 5.11. The number of thioether (sulfide) groups is 1. The smallest absolute Gasteiger partial charge is 0.289 e. The van der Waals surface area contributed by atoms with Crippen LogP contribution in [0.3, 0.4) is 0 Å². The van der Waals surface area contributed by atoms with Gasteiger partial charge in [-0.25, -0.2) is 0 Å². The Kier molecular flexibility index (Phi) is 6.83. The van der Waals surface area contributed by atoms with Gasteiger partial charge in [0.2, 0.25) is 0 Å². The summed E-state index contributed by atoms with van der Waals surface area (Å²) in [7, 11) is 0. The number of hydrogen-bond donors (Lipinski definition) is 0. The van der Waals surface area contributed by atoms with Crippen molar-refractivity contribution in [2.24, 2.45) is 0 Å². The summed E-state index contributed by atoms with van der Waals surface area (Å²) in [6.07, 6.45) is 0. The van der Waals surface area contributed by atoms with E-state index in [0.29, 0.717) is 24.6 Å². The number of anilines is 1. The number of halogens is 1. The number of hydrogen-bond acceptors (Lipinski definition) is 6. The van der Waals surface area contributed by atoms with Crippen molar-refractivity contribution in [2.75, 3.05) is 31.1 Å². The van der Waals surface area contributed by atoms with Gasteiger partial charge in [0, 0.05) is 31.7 Å². The molecule has 0 atom stereocenters. The monoisotopic (exact) mass is 490 g/mol. The molecule has 34 heavy (non-hydrogen) atoms. The molecule has 6 nitrogen and oxygen atoms in total. The van der Waals surface area contributed by atoms with Crippen molar-refractivity contribution in [1.82, 2.24) is 15.1 Å². The summed E-state index contributed by atoms with van der Waals surface area (Å²) in [5.41, 5.74) is 2.88. The fraction of sp³-hybridized carbons (Fsp3) is 0.192. The van der Waals surface area contributed by atoms with E-state index in [1.807, 2.05) is 77.7 Å². The number of carbonyl (C=O) groups excluding carboxylic acids is 1. The van der Waals surface area contributed by atoms with Gasteiger partial charge >= 0.3 is 0 Å². The van der Waals surface area contributed by atoms with Crippen molar-refractivity contribution in [3.63, 3.8) is 0 Å². The highest BCUT2D eigenvalue weighted by Crippen LogP contribution is 2.27. The van der Waals surface area contributed by atoms with Crippen molar-refractivity contribution in [3.8, 4) is 11.3 Å². The Morgan fingerprint density at radius 1 is 0.882 bits per heavy atom. The fourth-order valence-electron chi connectivity index (χ4n) is 3.89. The second-order valence-corrected chi connectivity index (χ2v) is 9.31. The van der Waals surface area contributed by atoms with Gasteiger partial charge in [-0.05, 0) is 36.4 Å². The third-order valence-corrected chi connectivity index (χ3v) is 6.97. The number of furan rings is 1. The maximum atomic E-state index is 12.9. The Labute approximate surface area is 207 Å². The molecule has 5 rings (SSSR count). The van der Waals surface area contributed by atoms with E-state index in [2.05, 4.69) is 15.1 Å². The average molecular weight is 491 g/mol. The molecule has 0 aliphatic carbocycles. The predicted octanol–water partition coefficient (Wildman–Crippen LogP) is 5.64. The molecule has 0 bridgehead atoms. The van der Waals surface area contributed by atoms with Gasteiger partial charge in [0.25, 0.3) is 5.91 Å². The SMILES string of the molecule is O=C(c1ccc(CSc2ccc(-c3ccccc3)nn2)o1)N1CCN(c2ccccc2Cl)CC1. The van der Waals surface area contributed by atoms with Crippen LogP contribution >= 0.6 is 23.4 Å². The second-order valence-electron chi connectivity index (χ2n) is 7.91. The molecule has 1 fully saturated rings. The van der Waals surface area contributed by atoms with E-state index in [-0.39, 0.29) is 5.91 Å². The summed E-state index contributed by atoms with van der Waals surface area (Å²) < 4.78 is 5.85. The Morgan fingerprint density at radius 3 is 2.38 bits per heavy atom. The van der Waals surface area contributed by atoms with Crippen LogP contribution < -0.4 is 4.90 Å². The van der Waals surface area contributed by atoms with Crippen LogP contribution in [0, 0.1) is 0 Å². The van der Waals surface area contributed by atoms with Crippen LogP contribution in [0.5, 0.6) is 0 Å². The van der Waals surface area contributed by atoms with Crippen molar-refractivity contribution in [3.05, 3.63) is 95.4 Å². The van der Waals surface area contributed by atoms with Gasteiger partial charge in [-0.1, -0.05) is 65.8 Å². The average Bonchev–Trinajstić information content (AvgIpc) is 3.37. The first-order valence-corrected chi connectivity index (χ1v) is 12.4. The zero-order chi connectivity index (χ0) is 23.3. The van der Waals surface area contributed by atoms with Gasteiger partial charge in [0.05, 0.1) is 22.2 Å². The molecule has 1 aliphatic heterocycles. The second kappa shape index (κ2) is 10.3. The number of para-hydroxylation sites is 1. The first-order valence-electron chi connectivity index (χ1n) is 11.1. The van der Waals surface area contributed by atoms with Crippen LogP contribution in [0.25, 0.3) is 11.3 Å². The van der Waals surface area contributed by atoms with Crippen LogP contribution in [0.2, 0.25) is 5.02 Å². The van der Waals surface area contributed by atoms with Crippen LogP contribution in [0.4, 0.5) is 5.69 Å². The van der Waals surface area contributed by atoms with E-state index in [1.165, 1.54) is 11.8 Å². The van der Waals surface area contributed by atoms with Crippen LogP contribution in [-0.4, -0.2) is 47.2 Å². The number of aromatic nitrogens is 2. The molecule has 0 radical (unpaired) electrons. The molecule has 0 N–H and O–H groups in total. The van der Waals surface area contributed by atoms with Gasteiger partial charge < -0.3 is 14.2 Å². The number of benzene rings is 2. The molecular weight excluding hydrogens is 468 g/mol. The lowest BCUT2D eigenvalue weighted by Gasteiger charge is -2.36. The molecule has 4 aromatic rings. The van der Waals surface area contributed by atoms with E-state index in [9.17, 15) is 4.79 Å². The zero-order valence-electron chi connectivity index (χ0n) is 18.4. The first-order chi connectivity index (χ1) is 16.7. The van der Waals surface area contributed by atoms with Crippen molar-refractivity contribution in [1.29, 1.82) is 0 Å². The number of rotatable bonds is 6. The van der Waals surface area contributed by atoms with Crippen molar-refractivity contribution < 1.29 is 9.21 Å². The molecule has 1 saturated heterocycles. The zero-order valence-corrected chi connectivity index (χ0v) is 20.0. The molecule has 2 aromatic heterocycles. The minimum absolute atomic E-state index is 0.0814. The molecule has 8 heteroatoms. The van der Waals surface area contributed by atoms with E-state index >= 15 is 0 Å².